The molecule has 1 aromatic carbocycles. The number of aromatic nitrogens is 4. The zero-order chi connectivity index (χ0) is 16.1. The number of hydrogen-bond donors (Lipinski definition) is 2. The molecular formula is C16H17N5OS. The lowest BCUT2D eigenvalue weighted by Crippen LogP contribution is -2.23. The third-order valence-electron chi connectivity index (χ3n) is 3.43. The first-order chi connectivity index (χ1) is 11.2. The second kappa shape index (κ2) is 7.15. The van der Waals surface area contributed by atoms with E-state index < -0.39 is 0 Å². The molecular weight excluding hydrogens is 310 g/mol. The van der Waals surface area contributed by atoms with Crippen LogP contribution in [0.3, 0.4) is 0 Å². The van der Waals surface area contributed by atoms with Crippen LogP contribution >= 0.6 is 11.3 Å². The summed E-state index contributed by atoms with van der Waals surface area (Å²) in [6, 6.07) is 12.1. The molecule has 3 aromatic rings. The largest absolute Gasteiger partial charge is 0.351 e. The minimum atomic E-state index is -0.0339. The van der Waals surface area contributed by atoms with Crippen molar-refractivity contribution in [2.45, 2.75) is 19.8 Å². The van der Waals surface area contributed by atoms with E-state index in [1.54, 1.807) is 0 Å². The Bertz CT molecular complexity index is 767. The number of carbonyl (C=O) groups excluding carboxylic acids is 1. The number of thiophene rings is 1. The van der Waals surface area contributed by atoms with E-state index in [-0.39, 0.29) is 5.91 Å². The number of nitrogens with zero attached hydrogens (tertiary/aromatic N) is 3. The maximum Gasteiger partial charge on any atom is 0.261 e. The zero-order valence-corrected chi connectivity index (χ0v) is 13.6. The van der Waals surface area contributed by atoms with Gasteiger partial charge in [0.1, 0.15) is 0 Å². The zero-order valence-electron chi connectivity index (χ0n) is 12.7. The van der Waals surface area contributed by atoms with Crippen LogP contribution in [0.25, 0.3) is 10.4 Å². The summed E-state index contributed by atoms with van der Waals surface area (Å²) in [7, 11) is 0. The highest BCUT2D eigenvalue weighted by Gasteiger charge is 2.13. The van der Waals surface area contributed by atoms with Crippen LogP contribution in [0.15, 0.2) is 36.4 Å². The summed E-state index contributed by atoms with van der Waals surface area (Å²) in [5.74, 6) is 0.631. The summed E-state index contributed by atoms with van der Waals surface area (Å²) in [6.07, 6.45) is 1.47. The molecule has 23 heavy (non-hydrogen) atoms. The molecule has 0 radical (unpaired) electrons. The predicted molar refractivity (Wildman–Crippen MR) is 89.3 cm³/mol. The smallest absolute Gasteiger partial charge is 0.261 e. The van der Waals surface area contributed by atoms with E-state index in [0.29, 0.717) is 18.8 Å². The third-order valence-corrected chi connectivity index (χ3v) is 4.71. The topological polar surface area (TPSA) is 83.6 Å². The Morgan fingerprint density at radius 3 is 2.87 bits per heavy atom. The highest BCUT2D eigenvalue weighted by molar-refractivity contribution is 7.17. The summed E-state index contributed by atoms with van der Waals surface area (Å²) in [5, 5.41) is 16.6. The van der Waals surface area contributed by atoms with Crippen LogP contribution in [-0.4, -0.2) is 33.1 Å². The van der Waals surface area contributed by atoms with Crippen LogP contribution < -0.4 is 5.32 Å². The summed E-state index contributed by atoms with van der Waals surface area (Å²) in [4.78, 5) is 14.1. The number of carbonyl (C=O) groups is 1. The van der Waals surface area contributed by atoms with Gasteiger partial charge in [0.2, 0.25) is 0 Å². The van der Waals surface area contributed by atoms with Crippen molar-refractivity contribution in [3.8, 4) is 10.4 Å². The van der Waals surface area contributed by atoms with Gasteiger partial charge in [-0.1, -0.05) is 35.5 Å². The minimum Gasteiger partial charge on any atom is -0.351 e. The number of hydrogen-bond acceptors (Lipinski definition) is 5. The number of H-pyrrole nitrogens is 1. The fourth-order valence-corrected chi connectivity index (χ4v) is 3.39. The second-order valence-electron chi connectivity index (χ2n) is 5.18. The molecule has 2 aromatic heterocycles. The van der Waals surface area contributed by atoms with Gasteiger partial charge in [0.05, 0.1) is 4.88 Å². The predicted octanol–water partition coefficient (Wildman–Crippen LogP) is 2.60. The number of amides is 1. The van der Waals surface area contributed by atoms with Crippen LogP contribution in [0, 0.1) is 6.92 Å². The summed E-state index contributed by atoms with van der Waals surface area (Å²) in [6.45, 7) is 2.62. The normalized spacial score (nSPS) is 10.7. The van der Waals surface area contributed by atoms with Gasteiger partial charge in [0, 0.05) is 17.8 Å². The van der Waals surface area contributed by atoms with Crippen molar-refractivity contribution >= 4 is 17.2 Å². The van der Waals surface area contributed by atoms with Crippen molar-refractivity contribution in [3.63, 3.8) is 0 Å². The van der Waals surface area contributed by atoms with Gasteiger partial charge in [-0.15, -0.1) is 21.5 Å². The van der Waals surface area contributed by atoms with Crippen LogP contribution in [0.1, 0.15) is 27.5 Å². The van der Waals surface area contributed by atoms with Gasteiger partial charge in [-0.25, -0.2) is 0 Å². The van der Waals surface area contributed by atoms with Gasteiger partial charge in [-0.05, 0) is 30.5 Å². The maximum atomic E-state index is 12.3. The molecule has 0 aliphatic carbocycles. The molecule has 0 aliphatic heterocycles. The lowest BCUT2D eigenvalue weighted by atomic mass is 10.1. The van der Waals surface area contributed by atoms with Gasteiger partial charge in [0.15, 0.2) is 5.82 Å². The fourth-order valence-electron chi connectivity index (χ4n) is 2.29. The summed E-state index contributed by atoms with van der Waals surface area (Å²) in [5.41, 5.74) is 2.27. The Kier molecular flexibility index (Phi) is 4.77. The number of tetrazole rings is 1. The van der Waals surface area contributed by atoms with Crippen LogP contribution in [0.5, 0.6) is 0 Å². The van der Waals surface area contributed by atoms with E-state index in [4.69, 9.17) is 0 Å². The second-order valence-corrected chi connectivity index (χ2v) is 6.23. The van der Waals surface area contributed by atoms with Crippen molar-refractivity contribution in [2.24, 2.45) is 0 Å². The van der Waals surface area contributed by atoms with E-state index >= 15 is 0 Å². The molecule has 0 saturated heterocycles. The molecule has 0 unspecified atom stereocenters. The van der Waals surface area contributed by atoms with Gasteiger partial charge < -0.3 is 5.32 Å². The molecule has 2 heterocycles. The SMILES string of the molecule is Cc1cc(C(=O)NCCCc2nn[nH]n2)sc1-c1ccccc1. The molecule has 3 rings (SSSR count). The number of aromatic amines is 1. The quantitative estimate of drug-likeness (QED) is 0.682. The molecule has 0 atom stereocenters. The highest BCUT2D eigenvalue weighted by Crippen LogP contribution is 2.32. The number of aryl methyl sites for hydroxylation is 2. The molecule has 0 aliphatic rings. The van der Waals surface area contributed by atoms with E-state index in [9.17, 15) is 4.79 Å². The molecule has 1 amide bonds. The maximum absolute atomic E-state index is 12.3. The van der Waals surface area contributed by atoms with Gasteiger partial charge >= 0.3 is 0 Å². The lowest BCUT2D eigenvalue weighted by Gasteiger charge is -2.01. The van der Waals surface area contributed by atoms with Crippen molar-refractivity contribution in [3.05, 3.63) is 52.7 Å². The number of benzene rings is 1. The number of nitrogens with one attached hydrogen (secondary N) is 2. The van der Waals surface area contributed by atoms with E-state index in [0.717, 1.165) is 27.3 Å². The lowest BCUT2D eigenvalue weighted by molar-refractivity contribution is 0.0957. The van der Waals surface area contributed by atoms with Crippen LogP contribution in [0.4, 0.5) is 0 Å². The van der Waals surface area contributed by atoms with E-state index in [2.05, 4.69) is 38.1 Å². The summed E-state index contributed by atoms with van der Waals surface area (Å²) >= 11 is 1.52. The molecule has 0 spiro atoms. The van der Waals surface area contributed by atoms with E-state index in [1.165, 1.54) is 11.3 Å². The third kappa shape index (κ3) is 3.81. The van der Waals surface area contributed by atoms with Gasteiger partial charge in [-0.3, -0.25) is 4.79 Å². The Balaban J connectivity index is 1.57. The Morgan fingerprint density at radius 1 is 1.30 bits per heavy atom. The van der Waals surface area contributed by atoms with Crippen molar-refractivity contribution < 1.29 is 4.79 Å². The average molecular weight is 327 g/mol. The van der Waals surface area contributed by atoms with Crippen LogP contribution in [0.2, 0.25) is 0 Å². The Labute approximate surface area is 137 Å². The van der Waals surface area contributed by atoms with Gasteiger partial charge in [0.25, 0.3) is 5.91 Å². The minimum absolute atomic E-state index is 0.0339. The molecule has 0 saturated carbocycles. The highest BCUT2D eigenvalue weighted by atomic mass is 32.1. The molecule has 7 heteroatoms. The molecule has 0 fully saturated rings. The standard InChI is InChI=1S/C16H17N5OS/c1-11-10-13(23-15(11)12-6-3-2-4-7-12)16(22)17-9-5-8-14-18-20-21-19-14/h2-4,6-7,10H,5,8-9H2,1H3,(H,17,22)(H,18,19,20,21). The Hall–Kier alpha value is -2.54. The Morgan fingerprint density at radius 2 is 2.13 bits per heavy atom. The van der Waals surface area contributed by atoms with Crippen molar-refractivity contribution in [2.75, 3.05) is 6.54 Å². The first kappa shape index (κ1) is 15.4. The first-order valence-corrected chi connectivity index (χ1v) is 8.22. The fraction of sp³-hybridized carbons (Fsp3) is 0.250. The van der Waals surface area contributed by atoms with Crippen molar-refractivity contribution in [1.29, 1.82) is 0 Å². The van der Waals surface area contributed by atoms with Crippen LogP contribution in [-0.2, 0) is 6.42 Å². The van der Waals surface area contributed by atoms with Gasteiger partial charge in [-0.2, -0.15) is 5.21 Å². The number of rotatable bonds is 6. The average Bonchev–Trinajstić information content (AvgIpc) is 3.22. The molecule has 6 nitrogen and oxygen atoms in total. The van der Waals surface area contributed by atoms with E-state index in [1.807, 2.05) is 31.2 Å². The van der Waals surface area contributed by atoms with Crippen molar-refractivity contribution in [1.82, 2.24) is 25.9 Å². The summed E-state index contributed by atoms with van der Waals surface area (Å²) < 4.78 is 0. The molecule has 118 valence electrons. The molecule has 0 bridgehead atoms. The first-order valence-electron chi connectivity index (χ1n) is 7.40. The monoisotopic (exact) mass is 327 g/mol. The molecule has 2 N–H and O–H groups in total.